The van der Waals surface area contributed by atoms with Crippen LogP contribution in [0.1, 0.15) is 24.2 Å². The van der Waals surface area contributed by atoms with E-state index in [1.807, 2.05) is 20.2 Å². The van der Waals surface area contributed by atoms with Gasteiger partial charge in [0.2, 0.25) is 0 Å². The highest BCUT2D eigenvalue weighted by Gasteiger charge is 2.13. The lowest BCUT2D eigenvalue weighted by molar-refractivity contribution is 0.0698. The molecule has 0 saturated carbocycles. The summed E-state index contributed by atoms with van der Waals surface area (Å²) in [4.78, 5) is 15.4. The number of carboxylic acids is 1. The Morgan fingerprint density at radius 3 is 2.40 bits per heavy atom. The number of nitrogens with zero attached hydrogens (tertiary/aromatic N) is 2. The Kier molecular flexibility index (Phi) is 5.82. The summed E-state index contributed by atoms with van der Waals surface area (Å²) >= 11 is 0. The average molecular weight is 279 g/mol. The summed E-state index contributed by atoms with van der Waals surface area (Å²) < 4.78 is 0. The summed E-state index contributed by atoms with van der Waals surface area (Å²) in [5.41, 5.74) is 7.28. The number of rotatable bonds is 7. The first kappa shape index (κ1) is 16.3. The minimum atomic E-state index is -0.988. The van der Waals surface area contributed by atoms with Gasteiger partial charge < -0.3 is 20.6 Å². The molecule has 0 aliphatic heterocycles. The van der Waals surface area contributed by atoms with E-state index in [1.165, 1.54) is 0 Å². The number of likely N-dealkylation sites (N-methyl/N-ethyl adjacent to an activating group) is 1. The first-order chi connectivity index (χ1) is 9.31. The summed E-state index contributed by atoms with van der Waals surface area (Å²) in [5, 5.41) is 9.02. The Bertz CT molecular complexity index is 458. The second-order valence-electron chi connectivity index (χ2n) is 5.72. The highest BCUT2D eigenvalue weighted by Crippen LogP contribution is 2.22. The topological polar surface area (TPSA) is 69.8 Å². The van der Waals surface area contributed by atoms with E-state index in [0.29, 0.717) is 11.6 Å². The van der Waals surface area contributed by atoms with E-state index in [9.17, 15) is 4.79 Å². The molecule has 0 aliphatic carbocycles. The number of hydrogen-bond donors (Lipinski definition) is 2. The molecule has 1 aromatic rings. The van der Waals surface area contributed by atoms with Gasteiger partial charge in [0.15, 0.2) is 0 Å². The standard InChI is InChI=1S/C15H25N3O2/c1-11(2)10-18(8-7-17(3)4)12-5-6-13(15(19)20)14(16)9-12/h5-6,9,11H,7-8,10,16H2,1-4H3,(H,19,20). The maximum atomic E-state index is 11.0. The molecule has 5 heteroatoms. The third-order valence-electron chi connectivity index (χ3n) is 3.03. The van der Waals surface area contributed by atoms with E-state index in [0.717, 1.165) is 25.3 Å². The van der Waals surface area contributed by atoms with Crippen LogP contribution in [0.15, 0.2) is 18.2 Å². The lowest BCUT2D eigenvalue weighted by Crippen LogP contribution is -2.34. The first-order valence-corrected chi connectivity index (χ1v) is 6.83. The fourth-order valence-corrected chi connectivity index (χ4v) is 2.03. The molecular formula is C15H25N3O2. The summed E-state index contributed by atoms with van der Waals surface area (Å²) in [6.45, 7) is 7.07. The Morgan fingerprint density at radius 1 is 1.30 bits per heavy atom. The van der Waals surface area contributed by atoms with E-state index < -0.39 is 5.97 Å². The van der Waals surface area contributed by atoms with Gasteiger partial charge in [0.1, 0.15) is 0 Å². The van der Waals surface area contributed by atoms with Crippen molar-refractivity contribution in [2.24, 2.45) is 5.92 Å². The third kappa shape index (κ3) is 4.74. The minimum absolute atomic E-state index is 0.158. The van der Waals surface area contributed by atoms with Crippen molar-refractivity contribution < 1.29 is 9.90 Å². The van der Waals surface area contributed by atoms with Crippen LogP contribution < -0.4 is 10.6 Å². The van der Waals surface area contributed by atoms with E-state index in [1.54, 1.807) is 12.1 Å². The normalized spacial score (nSPS) is 11.1. The van der Waals surface area contributed by atoms with E-state index >= 15 is 0 Å². The first-order valence-electron chi connectivity index (χ1n) is 6.83. The predicted octanol–water partition coefficient (Wildman–Crippen LogP) is 1.99. The number of hydrogen-bond acceptors (Lipinski definition) is 4. The van der Waals surface area contributed by atoms with Crippen molar-refractivity contribution in [3.63, 3.8) is 0 Å². The summed E-state index contributed by atoms with van der Waals surface area (Å²) in [7, 11) is 4.07. The van der Waals surface area contributed by atoms with Gasteiger partial charge in [-0.3, -0.25) is 0 Å². The second kappa shape index (κ2) is 7.14. The molecule has 0 unspecified atom stereocenters. The van der Waals surface area contributed by atoms with E-state index in [-0.39, 0.29) is 5.56 Å². The number of nitrogen functional groups attached to an aromatic ring is 1. The predicted molar refractivity (Wildman–Crippen MR) is 83.4 cm³/mol. The Hall–Kier alpha value is -1.75. The van der Waals surface area contributed by atoms with Gasteiger partial charge in [-0.2, -0.15) is 0 Å². The molecule has 1 aromatic carbocycles. The maximum Gasteiger partial charge on any atom is 0.337 e. The molecule has 20 heavy (non-hydrogen) atoms. The molecule has 5 nitrogen and oxygen atoms in total. The van der Waals surface area contributed by atoms with E-state index in [4.69, 9.17) is 10.8 Å². The molecule has 0 spiro atoms. The molecule has 1 rings (SSSR count). The second-order valence-corrected chi connectivity index (χ2v) is 5.72. The molecule has 0 radical (unpaired) electrons. The lowest BCUT2D eigenvalue weighted by Gasteiger charge is -2.28. The molecular weight excluding hydrogens is 254 g/mol. The van der Waals surface area contributed by atoms with E-state index in [2.05, 4.69) is 23.6 Å². The van der Waals surface area contributed by atoms with Crippen LogP contribution in [0.2, 0.25) is 0 Å². The molecule has 0 bridgehead atoms. The van der Waals surface area contributed by atoms with Crippen LogP contribution in [0.3, 0.4) is 0 Å². The maximum absolute atomic E-state index is 11.0. The molecule has 0 aliphatic rings. The fourth-order valence-electron chi connectivity index (χ4n) is 2.03. The number of benzene rings is 1. The van der Waals surface area contributed by atoms with Crippen molar-refractivity contribution >= 4 is 17.3 Å². The quantitative estimate of drug-likeness (QED) is 0.747. The number of aromatic carboxylic acids is 1. The molecule has 0 saturated heterocycles. The number of carboxylic acid groups (broad SMARTS) is 1. The highest BCUT2D eigenvalue weighted by atomic mass is 16.4. The van der Waals surface area contributed by atoms with Crippen LogP contribution in [-0.2, 0) is 0 Å². The molecule has 0 heterocycles. The van der Waals surface area contributed by atoms with Crippen LogP contribution in [0.5, 0.6) is 0 Å². The fraction of sp³-hybridized carbons (Fsp3) is 0.533. The molecule has 0 amide bonds. The summed E-state index contributed by atoms with van der Waals surface area (Å²) in [6, 6.07) is 5.16. The molecule has 0 aromatic heterocycles. The Balaban J connectivity index is 2.95. The summed E-state index contributed by atoms with van der Waals surface area (Å²) in [5.74, 6) is -0.463. The number of nitrogens with two attached hydrogens (primary N) is 1. The van der Waals surface area contributed by atoms with Crippen molar-refractivity contribution in [3.05, 3.63) is 23.8 Å². The van der Waals surface area contributed by atoms with Crippen LogP contribution in [0.25, 0.3) is 0 Å². The van der Waals surface area contributed by atoms with Gasteiger partial charge in [0, 0.05) is 31.0 Å². The third-order valence-corrected chi connectivity index (χ3v) is 3.03. The summed E-state index contributed by atoms with van der Waals surface area (Å²) in [6.07, 6.45) is 0. The highest BCUT2D eigenvalue weighted by molar-refractivity contribution is 5.94. The van der Waals surface area contributed by atoms with Crippen molar-refractivity contribution in [1.82, 2.24) is 4.90 Å². The van der Waals surface area contributed by atoms with Gasteiger partial charge in [0.05, 0.1) is 5.56 Å². The zero-order valence-corrected chi connectivity index (χ0v) is 12.8. The van der Waals surface area contributed by atoms with Crippen molar-refractivity contribution in [1.29, 1.82) is 0 Å². The Labute approximate surface area is 121 Å². The molecule has 0 atom stereocenters. The van der Waals surface area contributed by atoms with Crippen LogP contribution in [0.4, 0.5) is 11.4 Å². The largest absolute Gasteiger partial charge is 0.478 e. The average Bonchev–Trinajstić information content (AvgIpc) is 2.33. The SMILES string of the molecule is CC(C)CN(CCN(C)C)c1ccc(C(=O)O)c(N)c1. The monoisotopic (exact) mass is 279 g/mol. The Morgan fingerprint density at radius 2 is 1.95 bits per heavy atom. The minimum Gasteiger partial charge on any atom is -0.478 e. The number of carbonyl (C=O) groups is 1. The van der Waals surface area contributed by atoms with Crippen LogP contribution >= 0.6 is 0 Å². The van der Waals surface area contributed by atoms with Gasteiger partial charge in [-0.05, 0) is 38.2 Å². The van der Waals surface area contributed by atoms with Crippen molar-refractivity contribution in [2.75, 3.05) is 44.4 Å². The van der Waals surface area contributed by atoms with Gasteiger partial charge in [-0.15, -0.1) is 0 Å². The molecule has 3 N–H and O–H groups in total. The van der Waals surface area contributed by atoms with Gasteiger partial charge >= 0.3 is 5.97 Å². The number of anilines is 2. The van der Waals surface area contributed by atoms with Gasteiger partial charge in [-0.1, -0.05) is 13.8 Å². The van der Waals surface area contributed by atoms with Crippen molar-refractivity contribution in [3.8, 4) is 0 Å². The van der Waals surface area contributed by atoms with Crippen LogP contribution in [0, 0.1) is 5.92 Å². The van der Waals surface area contributed by atoms with Crippen molar-refractivity contribution in [2.45, 2.75) is 13.8 Å². The molecule has 112 valence electrons. The zero-order chi connectivity index (χ0) is 15.3. The smallest absolute Gasteiger partial charge is 0.337 e. The van der Waals surface area contributed by atoms with Crippen LogP contribution in [-0.4, -0.2) is 49.7 Å². The van der Waals surface area contributed by atoms with Gasteiger partial charge in [-0.25, -0.2) is 4.79 Å². The van der Waals surface area contributed by atoms with Gasteiger partial charge in [0.25, 0.3) is 0 Å². The lowest BCUT2D eigenvalue weighted by atomic mass is 10.1. The molecule has 0 fully saturated rings. The zero-order valence-electron chi connectivity index (χ0n) is 12.8.